The summed E-state index contributed by atoms with van der Waals surface area (Å²) in [5.41, 5.74) is 2.51. The molecule has 0 spiro atoms. The fraction of sp³-hybridized carbons (Fsp3) is 0.316. The Morgan fingerprint density at radius 2 is 1.73 bits per heavy atom. The van der Waals surface area contributed by atoms with Crippen LogP contribution < -0.4 is 4.72 Å². The average Bonchev–Trinajstić information content (AvgIpc) is 2.59. The van der Waals surface area contributed by atoms with Gasteiger partial charge >= 0.3 is 0 Å². The minimum atomic E-state index is -3.93. The number of hydrogen-bond acceptors (Lipinski definition) is 3. The van der Waals surface area contributed by atoms with Crippen molar-refractivity contribution in [2.24, 2.45) is 0 Å². The number of anilines is 1. The van der Waals surface area contributed by atoms with Crippen molar-refractivity contribution in [2.45, 2.75) is 32.6 Å². The summed E-state index contributed by atoms with van der Waals surface area (Å²) in [7, 11) is -3.93. The number of halogens is 1. The van der Waals surface area contributed by atoms with Gasteiger partial charge in [0.05, 0.1) is 10.7 Å². The quantitative estimate of drug-likeness (QED) is 0.796. The van der Waals surface area contributed by atoms with Crippen molar-refractivity contribution >= 4 is 33.2 Å². The van der Waals surface area contributed by atoms with E-state index < -0.39 is 10.0 Å². The number of carbonyl (C=O) groups excluding carboxylic acids is 1. The summed E-state index contributed by atoms with van der Waals surface area (Å²) in [5, 5.41) is 0.0684. The Bertz CT molecular complexity index is 922. The molecule has 0 saturated heterocycles. The molecule has 7 heteroatoms. The van der Waals surface area contributed by atoms with E-state index in [4.69, 9.17) is 11.6 Å². The van der Waals surface area contributed by atoms with Crippen LogP contribution in [0.5, 0.6) is 0 Å². The maximum atomic E-state index is 12.8. The van der Waals surface area contributed by atoms with Crippen LogP contribution in [0.1, 0.15) is 35.3 Å². The van der Waals surface area contributed by atoms with Gasteiger partial charge < -0.3 is 4.90 Å². The van der Waals surface area contributed by atoms with Crippen molar-refractivity contribution in [1.82, 2.24) is 4.90 Å². The van der Waals surface area contributed by atoms with Crippen LogP contribution in [0.4, 0.5) is 5.69 Å². The Kier molecular flexibility index (Phi) is 6.31. The molecule has 2 aromatic carbocycles. The van der Waals surface area contributed by atoms with E-state index in [1.165, 1.54) is 12.1 Å². The van der Waals surface area contributed by atoms with Gasteiger partial charge in [-0.15, -0.1) is 0 Å². The minimum Gasteiger partial charge on any atom is -0.339 e. The van der Waals surface area contributed by atoms with E-state index in [0.29, 0.717) is 24.3 Å². The zero-order valence-corrected chi connectivity index (χ0v) is 16.9. The molecule has 2 rings (SSSR count). The summed E-state index contributed by atoms with van der Waals surface area (Å²) in [6.07, 6.45) is 0. The fourth-order valence-corrected chi connectivity index (χ4v) is 4.23. The first-order valence-corrected chi connectivity index (χ1v) is 10.2. The van der Waals surface area contributed by atoms with E-state index in [0.717, 1.165) is 11.1 Å². The third-order valence-electron chi connectivity index (χ3n) is 4.16. The first-order valence-electron chi connectivity index (χ1n) is 8.38. The average molecular weight is 395 g/mol. The molecule has 1 amide bonds. The van der Waals surface area contributed by atoms with Crippen LogP contribution >= 0.6 is 11.6 Å². The predicted molar refractivity (Wildman–Crippen MR) is 105 cm³/mol. The monoisotopic (exact) mass is 394 g/mol. The second-order valence-corrected chi connectivity index (χ2v) is 8.10. The smallest absolute Gasteiger partial charge is 0.263 e. The van der Waals surface area contributed by atoms with Gasteiger partial charge in [-0.2, -0.15) is 0 Å². The lowest BCUT2D eigenvalue weighted by Gasteiger charge is -2.19. The largest absolute Gasteiger partial charge is 0.339 e. The number of carbonyl (C=O) groups is 1. The van der Waals surface area contributed by atoms with Crippen LogP contribution in [0.2, 0.25) is 5.02 Å². The number of benzene rings is 2. The van der Waals surface area contributed by atoms with Gasteiger partial charge in [0, 0.05) is 18.7 Å². The SMILES string of the molecule is CCN(CC)C(=O)c1ccc(Cl)c(S(=O)(=O)Nc2cc(C)ccc2C)c1. The summed E-state index contributed by atoms with van der Waals surface area (Å²) in [6, 6.07) is 9.82. The van der Waals surface area contributed by atoms with Gasteiger partial charge in [-0.05, 0) is 63.1 Å². The van der Waals surface area contributed by atoms with E-state index in [1.807, 2.05) is 39.8 Å². The van der Waals surface area contributed by atoms with Gasteiger partial charge in [0.1, 0.15) is 4.90 Å². The van der Waals surface area contributed by atoms with Gasteiger partial charge in [0.15, 0.2) is 0 Å². The van der Waals surface area contributed by atoms with Crippen molar-refractivity contribution in [3.63, 3.8) is 0 Å². The molecule has 2 aromatic rings. The third kappa shape index (κ3) is 4.37. The third-order valence-corrected chi connectivity index (χ3v) is 6.00. The lowest BCUT2D eigenvalue weighted by Crippen LogP contribution is -2.30. The highest BCUT2D eigenvalue weighted by molar-refractivity contribution is 7.92. The van der Waals surface area contributed by atoms with E-state index in [1.54, 1.807) is 17.0 Å². The lowest BCUT2D eigenvalue weighted by atomic mass is 10.1. The zero-order valence-electron chi connectivity index (χ0n) is 15.3. The van der Waals surface area contributed by atoms with E-state index in [9.17, 15) is 13.2 Å². The number of hydrogen-bond donors (Lipinski definition) is 1. The number of aryl methyl sites for hydroxylation is 2. The van der Waals surface area contributed by atoms with Crippen molar-refractivity contribution in [1.29, 1.82) is 0 Å². The Morgan fingerprint density at radius 1 is 1.08 bits per heavy atom. The van der Waals surface area contributed by atoms with Crippen molar-refractivity contribution < 1.29 is 13.2 Å². The zero-order chi connectivity index (χ0) is 19.5. The van der Waals surface area contributed by atoms with E-state index >= 15 is 0 Å². The van der Waals surface area contributed by atoms with Crippen LogP contribution in [0.15, 0.2) is 41.3 Å². The predicted octanol–water partition coefficient (Wildman–Crippen LogP) is 4.24. The molecule has 1 N–H and O–H groups in total. The Hall–Kier alpha value is -2.05. The van der Waals surface area contributed by atoms with Gasteiger partial charge in [0.2, 0.25) is 0 Å². The summed E-state index contributed by atoms with van der Waals surface area (Å²) in [4.78, 5) is 14.0. The number of amides is 1. The maximum Gasteiger partial charge on any atom is 0.263 e. The Labute approximate surface area is 160 Å². The van der Waals surface area contributed by atoms with Crippen LogP contribution in [0, 0.1) is 13.8 Å². The Morgan fingerprint density at radius 3 is 2.35 bits per heavy atom. The summed E-state index contributed by atoms with van der Waals surface area (Å²) in [5.74, 6) is -0.227. The molecular weight excluding hydrogens is 372 g/mol. The summed E-state index contributed by atoms with van der Waals surface area (Å²) < 4.78 is 28.3. The first-order chi connectivity index (χ1) is 12.2. The van der Waals surface area contributed by atoms with Gasteiger partial charge in [-0.25, -0.2) is 8.42 Å². The molecule has 0 aromatic heterocycles. The molecule has 5 nitrogen and oxygen atoms in total. The van der Waals surface area contributed by atoms with E-state index in [-0.39, 0.29) is 15.8 Å². The molecule has 0 saturated carbocycles. The number of sulfonamides is 1. The van der Waals surface area contributed by atoms with Crippen LogP contribution in [0.3, 0.4) is 0 Å². The molecule has 0 atom stereocenters. The second kappa shape index (κ2) is 8.10. The van der Waals surface area contributed by atoms with Crippen molar-refractivity contribution in [3.8, 4) is 0 Å². The normalized spacial score (nSPS) is 11.3. The van der Waals surface area contributed by atoms with Crippen molar-refractivity contribution in [3.05, 3.63) is 58.1 Å². The molecule has 140 valence electrons. The van der Waals surface area contributed by atoms with Gasteiger partial charge in [0.25, 0.3) is 15.9 Å². The number of rotatable bonds is 6. The highest BCUT2D eigenvalue weighted by Crippen LogP contribution is 2.27. The number of nitrogens with zero attached hydrogens (tertiary/aromatic N) is 1. The summed E-state index contributed by atoms with van der Waals surface area (Å²) >= 11 is 6.13. The lowest BCUT2D eigenvalue weighted by molar-refractivity contribution is 0.0772. The fourth-order valence-electron chi connectivity index (χ4n) is 2.58. The topological polar surface area (TPSA) is 66.5 Å². The van der Waals surface area contributed by atoms with Crippen LogP contribution in [0.25, 0.3) is 0 Å². The van der Waals surface area contributed by atoms with Gasteiger partial charge in [-0.3, -0.25) is 9.52 Å². The molecule has 0 aliphatic rings. The molecule has 0 radical (unpaired) electrons. The molecule has 26 heavy (non-hydrogen) atoms. The molecule has 0 aliphatic carbocycles. The molecule has 0 fully saturated rings. The Balaban J connectivity index is 2.44. The molecule has 0 aliphatic heterocycles. The minimum absolute atomic E-state index is 0.0684. The van der Waals surface area contributed by atoms with Crippen LogP contribution in [-0.2, 0) is 10.0 Å². The first kappa shape index (κ1) is 20.3. The maximum absolute atomic E-state index is 12.8. The second-order valence-electron chi connectivity index (χ2n) is 6.05. The highest BCUT2D eigenvalue weighted by Gasteiger charge is 2.22. The highest BCUT2D eigenvalue weighted by atomic mass is 35.5. The molecule has 0 unspecified atom stereocenters. The molecule has 0 heterocycles. The molecular formula is C19H23ClN2O3S. The summed E-state index contributed by atoms with van der Waals surface area (Å²) in [6.45, 7) is 8.53. The number of nitrogens with one attached hydrogen (secondary N) is 1. The molecule has 0 bridgehead atoms. The van der Waals surface area contributed by atoms with Crippen LogP contribution in [-0.4, -0.2) is 32.3 Å². The standard InChI is InChI=1S/C19H23ClN2O3S/c1-5-22(6-2)19(23)15-9-10-16(20)18(12-15)26(24,25)21-17-11-13(3)7-8-14(17)4/h7-12,21H,5-6H2,1-4H3. The van der Waals surface area contributed by atoms with Crippen molar-refractivity contribution in [2.75, 3.05) is 17.8 Å². The van der Waals surface area contributed by atoms with Gasteiger partial charge in [-0.1, -0.05) is 23.7 Å². The van der Waals surface area contributed by atoms with E-state index in [2.05, 4.69) is 4.72 Å².